The molecule has 0 bridgehead atoms. The zero-order chi connectivity index (χ0) is 18.7. The number of aromatic hydroxyl groups is 1. The topological polar surface area (TPSA) is 80.3 Å². The lowest BCUT2D eigenvalue weighted by atomic mass is 10.1. The van der Waals surface area contributed by atoms with Gasteiger partial charge >= 0.3 is 0 Å². The van der Waals surface area contributed by atoms with Crippen LogP contribution in [0.15, 0.2) is 40.8 Å². The third kappa shape index (κ3) is 4.08. The molecule has 1 aromatic carbocycles. The van der Waals surface area contributed by atoms with Gasteiger partial charge in [-0.3, -0.25) is 9.48 Å². The summed E-state index contributed by atoms with van der Waals surface area (Å²) >= 11 is 6.14. The summed E-state index contributed by atoms with van der Waals surface area (Å²) in [5.74, 6) is 0.862. The number of carbonyl (C=O) groups excluding carboxylic acids is 1. The molecule has 3 rings (SSSR count). The fraction of sp³-hybridized carbons (Fsp3) is 0.263. The molecule has 0 saturated heterocycles. The quantitative estimate of drug-likeness (QED) is 0.693. The molecule has 3 aromatic rings. The van der Waals surface area contributed by atoms with Gasteiger partial charge < -0.3 is 14.8 Å². The number of phenols is 1. The largest absolute Gasteiger partial charge is 0.508 e. The van der Waals surface area contributed by atoms with Crippen molar-refractivity contribution in [2.45, 2.75) is 26.8 Å². The van der Waals surface area contributed by atoms with Crippen LogP contribution in [0.1, 0.15) is 33.3 Å². The number of benzene rings is 1. The van der Waals surface area contributed by atoms with Crippen LogP contribution in [0.25, 0.3) is 0 Å². The van der Waals surface area contributed by atoms with Crippen molar-refractivity contribution < 1.29 is 14.3 Å². The van der Waals surface area contributed by atoms with Gasteiger partial charge in [0.1, 0.15) is 11.5 Å². The third-order valence-electron chi connectivity index (χ3n) is 4.12. The minimum absolute atomic E-state index is 0.227. The molecule has 26 heavy (non-hydrogen) atoms. The van der Waals surface area contributed by atoms with Crippen molar-refractivity contribution in [3.05, 3.63) is 69.9 Å². The van der Waals surface area contributed by atoms with Crippen molar-refractivity contribution in [1.29, 1.82) is 0 Å². The Morgan fingerprint density at radius 1 is 1.23 bits per heavy atom. The Bertz CT molecular complexity index is 913. The minimum Gasteiger partial charge on any atom is -0.508 e. The molecule has 0 aliphatic carbocycles. The molecule has 136 valence electrons. The summed E-state index contributed by atoms with van der Waals surface area (Å²) in [6.45, 7) is 4.63. The molecule has 2 aromatic heterocycles. The van der Waals surface area contributed by atoms with E-state index in [1.54, 1.807) is 28.9 Å². The summed E-state index contributed by atoms with van der Waals surface area (Å²) in [7, 11) is 0. The maximum atomic E-state index is 12.2. The highest BCUT2D eigenvalue weighted by atomic mass is 35.5. The van der Waals surface area contributed by atoms with Gasteiger partial charge in [-0.15, -0.1) is 0 Å². The number of rotatable bonds is 6. The van der Waals surface area contributed by atoms with E-state index < -0.39 is 0 Å². The molecule has 0 saturated carbocycles. The third-order valence-corrected chi connectivity index (χ3v) is 4.67. The molecule has 7 heteroatoms. The smallest absolute Gasteiger partial charge is 0.287 e. The first kappa shape index (κ1) is 18.1. The lowest BCUT2D eigenvalue weighted by molar-refractivity contribution is 0.0924. The fourth-order valence-electron chi connectivity index (χ4n) is 2.63. The lowest BCUT2D eigenvalue weighted by Crippen LogP contribution is -2.25. The number of furan rings is 1. The highest BCUT2D eigenvalue weighted by Crippen LogP contribution is 2.20. The van der Waals surface area contributed by atoms with Gasteiger partial charge in [0.05, 0.1) is 23.0 Å². The summed E-state index contributed by atoms with van der Waals surface area (Å²) in [6, 6.07) is 10.3. The van der Waals surface area contributed by atoms with E-state index in [1.807, 2.05) is 26.0 Å². The number of halogens is 1. The Morgan fingerprint density at radius 3 is 2.62 bits per heavy atom. The van der Waals surface area contributed by atoms with Crippen LogP contribution < -0.4 is 5.32 Å². The zero-order valence-corrected chi connectivity index (χ0v) is 15.4. The van der Waals surface area contributed by atoms with Crippen molar-refractivity contribution in [1.82, 2.24) is 15.1 Å². The van der Waals surface area contributed by atoms with Crippen molar-refractivity contribution in [3.63, 3.8) is 0 Å². The fourth-order valence-corrected chi connectivity index (χ4v) is 2.77. The number of hydrogen-bond donors (Lipinski definition) is 2. The monoisotopic (exact) mass is 373 g/mol. The molecule has 1 amide bonds. The van der Waals surface area contributed by atoms with Crippen LogP contribution in [0.5, 0.6) is 5.75 Å². The van der Waals surface area contributed by atoms with Crippen LogP contribution in [0.2, 0.25) is 5.02 Å². The molecule has 0 spiro atoms. The van der Waals surface area contributed by atoms with Crippen molar-refractivity contribution in [3.8, 4) is 5.75 Å². The van der Waals surface area contributed by atoms with Gasteiger partial charge in [-0.25, -0.2) is 0 Å². The molecule has 0 atom stereocenters. The number of amides is 1. The Kier molecular flexibility index (Phi) is 5.32. The Labute approximate surface area is 156 Å². The first-order chi connectivity index (χ1) is 12.4. The maximum absolute atomic E-state index is 12.2. The van der Waals surface area contributed by atoms with Crippen LogP contribution in [0.3, 0.4) is 0 Å². The normalized spacial score (nSPS) is 10.9. The van der Waals surface area contributed by atoms with E-state index in [0.29, 0.717) is 30.3 Å². The molecule has 6 nitrogen and oxygen atoms in total. The number of nitrogens with zero attached hydrogens (tertiary/aromatic N) is 2. The second-order valence-electron chi connectivity index (χ2n) is 6.08. The number of nitrogens with one attached hydrogen (secondary N) is 1. The number of aromatic nitrogens is 2. The predicted octanol–water partition coefficient (Wildman–Crippen LogP) is 3.47. The zero-order valence-electron chi connectivity index (χ0n) is 14.6. The molecular weight excluding hydrogens is 354 g/mol. The van der Waals surface area contributed by atoms with Gasteiger partial charge in [0, 0.05) is 6.54 Å². The molecule has 2 N–H and O–H groups in total. The molecule has 0 unspecified atom stereocenters. The second-order valence-corrected chi connectivity index (χ2v) is 6.46. The summed E-state index contributed by atoms with van der Waals surface area (Å²) in [4.78, 5) is 12.2. The Hall–Kier alpha value is -2.73. The van der Waals surface area contributed by atoms with Gasteiger partial charge in [0.15, 0.2) is 5.76 Å². The standard InChI is InChI=1S/C19H20ClN3O3/c1-12-18(20)13(2)23(22-12)11-16-7-8-17(26-16)19(25)21-10-9-14-3-5-15(24)6-4-14/h3-8,24H,9-11H2,1-2H3,(H,21,25). The minimum atomic E-state index is -0.263. The van der Waals surface area contributed by atoms with E-state index in [-0.39, 0.29) is 17.4 Å². The highest BCUT2D eigenvalue weighted by molar-refractivity contribution is 6.31. The van der Waals surface area contributed by atoms with Crippen LogP contribution in [-0.4, -0.2) is 27.3 Å². The lowest BCUT2D eigenvalue weighted by Gasteiger charge is -2.04. The Balaban J connectivity index is 1.55. The van der Waals surface area contributed by atoms with Crippen LogP contribution in [-0.2, 0) is 13.0 Å². The average Bonchev–Trinajstić information content (AvgIpc) is 3.18. The number of carbonyl (C=O) groups is 1. The second kappa shape index (κ2) is 7.66. The van der Waals surface area contributed by atoms with Crippen LogP contribution in [0.4, 0.5) is 0 Å². The van der Waals surface area contributed by atoms with Gasteiger partial charge in [0.2, 0.25) is 0 Å². The van der Waals surface area contributed by atoms with E-state index in [2.05, 4.69) is 10.4 Å². The molecule has 0 fully saturated rings. The summed E-state index contributed by atoms with van der Waals surface area (Å²) in [5, 5.41) is 17.1. The first-order valence-electron chi connectivity index (χ1n) is 8.28. The maximum Gasteiger partial charge on any atom is 0.287 e. The molecule has 2 heterocycles. The number of aryl methyl sites for hydroxylation is 1. The predicted molar refractivity (Wildman–Crippen MR) is 98.7 cm³/mol. The van der Waals surface area contributed by atoms with Gasteiger partial charge in [-0.2, -0.15) is 5.10 Å². The average molecular weight is 374 g/mol. The first-order valence-corrected chi connectivity index (χ1v) is 8.66. The van der Waals surface area contributed by atoms with Gasteiger partial charge in [-0.1, -0.05) is 23.7 Å². The van der Waals surface area contributed by atoms with Crippen LogP contribution >= 0.6 is 11.6 Å². The van der Waals surface area contributed by atoms with E-state index in [9.17, 15) is 9.90 Å². The van der Waals surface area contributed by atoms with E-state index in [0.717, 1.165) is 17.0 Å². The number of hydrogen-bond acceptors (Lipinski definition) is 4. The molecular formula is C19H20ClN3O3. The van der Waals surface area contributed by atoms with E-state index in [1.165, 1.54) is 0 Å². The van der Waals surface area contributed by atoms with Gasteiger partial charge in [0.25, 0.3) is 5.91 Å². The molecule has 0 aliphatic heterocycles. The van der Waals surface area contributed by atoms with Crippen molar-refractivity contribution >= 4 is 17.5 Å². The summed E-state index contributed by atoms with van der Waals surface area (Å²) in [5.41, 5.74) is 2.66. The molecule has 0 radical (unpaired) electrons. The highest BCUT2D eigenvalue weighted by Gasteiger charge is 2.14. The van der Waals surface area contributed by atoms with Crippen molar-refractivity contribution in [2.24, 2.45) is 0 Å². The van der Waals surface area contributed by atoms with Crippen LogP contribution in [0, 0.1) is 13.8 Å². The Morgan fingerprint density at radius 2 is 1.96 bits per heavy atom. The molecule has 0 aliphatic rings. The van der Waals surface area contributed by atoms with E-state index in [4.69, 9.17) is 16.0 Å². The SMILES string of the molecule is Cc1nn(Cc2ccc(C(=O)NCCc3ccc(O)cc3)o2)c(C)c1Cl. The summed E-state index contributed by atoms with van der Waals surface area (Å²) in [6.07, 6.45) is 0.670. The summed E-state index contributed by atoms with van der Waals surface area (Å²) < 4.78 is 7.38. The van der Waals surface area contributed by atoms with Crippen molar-refractivity contribution in [2.75, 3.05) is 6.54 Å². The van der Waals surface area contributed by atoms with E-state index >= 15 is 0 Å². The number of phenolic OH excluding ortho intramolecular Hbond substituents is 1. The van der Waals surface area contributed by atoms with Gasteiger partial charge in [-0.05, 0) is 50.1 Å².